The molecule has 0 N–H and O–H groups in total. The van der Waals surface area contributed by atoms with Crippen molar-refractivity contribution >= 4 is 17.9 Å². The minimum absolute atomic E-state index is 0.0921. The molecule has 0 aromatic rings. The van der Waals surface area contributed by atoms with Gasteiger partial charge in [-0.15, -0.1) is 0 Å². The zero-order valence-electron chi connectivity index (χ0n) is 50.1. The average Bonchev–Trinajstić information content (AvgIpc) is 3.41. The van der Waals surface area contributed by atoms with Crippen molar-refractivity contribution in [1.29, 1.82) is 0 Å². The van der Waals surface area contributed by atoms with Gasteiger partial charge in [-0.2, -0.15) is 0 Å². The number of allylic oxidation sites excluding steroid dienone is 10. The number of rotatable bonds is 60. The van der Waals surface area contributed by atoms with Crippen molar-refractivity contribution in [1.82, 2.24) is 0 Å². The molecular formula is C69H124O6. The lowest BCUT2D eigenvalue weighted by atomic mass is 10.0. The van der Waals surface area contributed by atoms with Gasteiger partial charge in [0.2, 0.25) is 0 Å². The number of ether oxygens (including phenoxy) is 3. The van der Waals surface area contributed by atoms with Gasteiger partial charge < -0.3 is 14.2 Å². The third-order valence-electron chi connectivity index (χ3n) is 14.5. The maximum Gasteiger partial charge on any atom is 0.306 e. The van der Waals surface area contributed by atoms with Crippen LogP contribution in [0.4, 0.5) is 0 Å². The summed E-state index contributed by atoms with van der Waals surface area (Å²) >= 11 is 0. The molecule has 0 radical (unpaired) electrons. The van der Waals surface area contributed by atoms with Crippen LogP contribution in [0.1, 0.15) is 342 Å². The Morgan fingerprint density at radius 3 is 0.827 bits per heavy atom. The van der Waals surface area contributed by atoms with Crippen LogP contribution in [0.3, 0.4) is 0 Å². The van der Waals surface area contributed by atoms with E-state index in [0.29, 0.717) is 19.3 Å². The summed E-state index contributed by atoms with van der Waals surface area (Å²) in [6, 6.07) is 0. The quantitative estimate of drug-likeness (QED) is 0.0261. The first-order valence-electron chi connectivity index (χ1n) is 32.8. The van der Waals surface area contributed by atoms with Crippen LogP contribution in [0.2, 0.25) is 0 Å². The average molecular weight is 1050 g/mol. The van der Waals surface area contributed by atoms with Gasteiger partial charge in [0.25, 0.3) is 0 Å². The Kier molecular flexibility index (Phi) is 61.2. The second-order valence-electron chi connectivity index (χ2n) is 22.0. The van der Waals surface area contributed by atoms with Gasteiger partial charge in [0.1, 0.15) is 13.2 Å². The van der Waals surface area contributed by atoms with E-state index in [0.717, 1.165) is 64.2 Å². The first-order chi connectivity index (χ1) is 37.0. The smallest absolute Gasteiger partial charge is 0.306 e. The summed E-state index contributed by atoms with van der Waals surface area (Å²) in [5.41, 5.74) is 0. The summed E-state index contributed by atoms with van der Waals surface area (Å²) < 4.78 is 16.9. The molecule has 0 saturated carbocycles. The van der Waals surface area contributed by atoms with E-state index in [1.54, 1.807) is 0 Å². The second kappa shape index (κ2) is 63.6. The number of carbonyl (C=O) groups excluding carboxylic acids is 3. The van der Waals surface area contributed by atoms with E-state index < -0.39 is 6.10 Å². The predicted molar refractivity (Wildman–Crippen MR) is 325 cm³/mol. The minimum atomic E-state index is -0.802. The predicted octanol–water partition coefficient (Wildman–Crippen LogP) is 22.3. The Morgan fingerprint density at radius 1 is 0.267 bits per heavy atom. The Morgan fingerprint density at radius 2 is 0.507 bits per heavy atom. The van der Waals surface area contributed by atoms with Crippen LogP contribution >= 0.6 is 0 Å². The normalized spacial score (nSPS) is 12.4. The summed E-state index contributed by atoms with van der Waals surface area (Å²) in [7, 11) is 0. The highest BCUT2D eigenvalue weighted by Gasteiger charge is 2.19. The van der Waals surface area contributed by atoms with Crippen LogP contribution in [-0.2, 0) is 28.6 Å². The lowest BCUT2D eigenvalue weighted by Gasteiger charge is -2.18. The third-order valence-corrected chi connectivity index (χ3v) is 14.5. The molecule has 436 valence electrons. The molecule has 0 heterocycles. The molecule has 0 fully saturated rings. The van der Waals surface area contributed by atoms with Gasteiger partial charge >= 0.3 is 17.9 Å². The van der Waals surface area contributed by atoms with Gasteiger partial charge in [-0.3, -0.25) is 14.4 Å². The summed E-state index contributed by atoms with van der Waals surface area (Å²) in [5, 5.41) is 0. The van der Waals surface area contributed by atoms with Crippen molar-refractivity contribution in [3.05, 3.63) is 60.8 Å². The lowest BCUT2D eigenvalue weighted by molar-refractivity contribution is -0.166. The number of hydrogen-bond donors (Lipinski definition) is 0. The van der Waals surface area contributed by atoms with E-state index in [1.165, 1.54) is 231 Å². The van der Waals surface area contributed by atoms with E-state index in [-0.39, 0.29) is 37.5 Å². The van der Waals surface area contributed by atoms with Gasteiger partial charge in [-0.1, -0.05) is 326 Å². The summed E-state index contributed by atoms with van der Waals surface area (Å²) in [4.78, 5) is 38.3. The maximum absolute atomic E-state index is 12.9. The molecule has 6 heteroatoms. The van der Waals surface area contributed by atoms with Gasteiger partial charge in [-0.05, 0) is 57.8 Å². The molecular weight excluding hydrogens is 925 g/mol. The molecule has 75 heavy (non-hydrogen) atoms. The van der Waals surface area contributed by atoms with Crippen molar-refractivity contribution in [3.8, 4) is 0 Å². The van der Waals surface area contributed by atoms with E-state index in [9.17, 15) is 14.4 Å². The molecule has 0 aliphatic carbocycles. The van der Waals surface area contributed by atoms with Crippen LogP contribution in [-0.4, -0.2) is 37.2 Å². The molecule has 0 aliphatic rings. The second-order valence-corrected chi connectivity index (χ2v) is 22.0. The topological polar surface area (TPSA) is 78.9 Å². The molecule has 0 aromatic heterocycles. The van der Waals surface area contributed by atoms with Crippen LogP contribution in [0.5, 0.6) is 0 Å². The summed E-state index contributed by atoms with van der Waals surface area (Å²) in [5.74, 6) is -0.956. The van der Waals surface area contributed by atoms with Gasteiger partial charge in [0.05, 0.1) is 0 Å². The van der Waals surface area contributed by atoms with Crippen LogP contribution in [0.15, 0.2) is 60.8 Å². The minimum Gasteiger partial charge on any atom is -0.462 e. The van der Waals surface area contributed by atoms with Crippen LogP contribution in [0.25, 0.3) is 0 Å². The molecule has 1 atom stereocenters. The standard InChI is InChI=1S/C69H124O6/c1-4-7-10-13-16-19-22-25-28-31-34-37-40-43-46-49-52-55-58-61-67(70)73-64-66(75-69(72)63-60-57-54-51-48-45-42-39-36-33-30-27-24-21-18-15-12-9-6-3)65-74-68(71)62-59-56-53-50-47-44-41-38-35-32-29-26-23-20-17-14-11-8-5-2/h16,19,25,28,34,37,43,46,52,55,66H,4-15,17-18,20-24,26-27,29-33,35-36,38-42,44-45,47-51,53-54,56-65H2,1-3H3/b19-16-,28-25-,37-34-,46-43-,55-52-/t66-/m1/s1. The maximum atomic E-state index is 12.9. The molecule has 0 bridgehead atoms. The number of unbranched alkanes of at least 4 members (excludes halogenated alkanes) is 39. The SMILES string of the molecule is CCCCC/C=C\C/C=C\C/C=C\C/C=C\C/C=C\CCC(=O)OC[C@H](COC(=O)CCCCCCCCCCCCCCCCCCCCC)OC(=O)CCCCCCCCCCCCCCCCCCCCC. The Balaban J connectivity index is 4.42. The molecule has 0 unspecified atom stereocenters. The van der Waals surface area contributed by atoms with E-state index in [2.05, 4.69) is 75.5 Å². The summed E-state index contributed by atoms with van der Waals surface area (Å²) in [6.45, 7) is 6.61. The molecule has 0 amide bonds. The van der Waals surface area contributed by atoms with Crippen molar-refractivity contribution in [2.75, 3.05) is 13.2 Å². The highest BCUT2D eigenvalue weighted by atomic mass is 16.6. The van der Waals surface area contributed by atoms with E-state index in [1.807, 2.05) is 6.08 Å². The number of carbonyl (C=O) groups is 3. The fourth-order valence-corrected chi connectivity index (χ4v) is 9.61. The highest BCUT2D eigenvalue weighted by Crippen LogP contribution is 2.18. The van der Waals surface area contributed by atoms with Gasteiger partial charge in [0, 0.05) is 19.3 Å². The lowest BCUT2D eigenvalue weighted by Crippen LogP contribution is -2.30. The Labute approximate surface area is 466 Å². The van der Waals surface area contributed by atoms with Crippen LogP contribution < -0.4 is 0 Å². The fourth-order valence-electron chi connectivity index (χ4n) is 9.61. The first-order valence-corrected chi connectivity index (χ1v) is 32.8. The monoisotopic (exact) mass is 1050 g/mol. The van der Waals surface area contributed by atoms with Gasteiger partial charge in [-0.25, -0.2) is 0 Å². The third kappa shape index (κ3) is 61.8. The molecule has 0 saturated heterocycles. The molecule has 6 nitrogen and oxygen atoms in total. The van der Waals surface area contributed by atoms with Crippen molar-refractivity contribution in [2.45, 2.75) is 348 Å². The van der Waals surface area contributed by atoms with Crippen molar-refractivity contribution < 1.29 is 28.6 Å². The highest BCUT2D eigenvalue weighted by molar-refractivity contribution is 5.71. The van der Waals surface area contributed by atoms with Gasteiger partial charge in [0.15, 0.2) is 6.10 Å². The number of hydrogen-bond acceptors (Lipinski definition) is 6. The van der Waals surface area contributed by atoms with Crippen molar-refractivity contribution in [2.24, 2.45) is 0 Å². The first kappa shape index (κ1) is 72.1. The molecule has 0 aromatic carbocycles. The zero-order chi connectivity index (χ0) is 54.3. The Bertz CT molecular complexity index is 1340. The van der Waals surface area contributed by atoms with E-state index >= 15 is 0 Å². The van der Waals surface area contributed by atoms with Crippen molar-refractivity contribution in [3.63, 3.8) is 0 Å². The fraction of sp³-hybridized carbons (Fsp3) is 0.812. The number of esters is 3. The Hall–Kier alpha value is -2.89. The van der Waals surface area contributed by atoms with Crippen LogP contribution in [0, 0.1) is 0 Å². The summed E-state index contributed by atoms with van der Waals surface area (Å²) in [6.07, 6.45) is 81.0. The molecule has 0 rings (SSSR count). The molecule has 0 spiro atoms. The van der Waals surface area contributed by atoms with E-state index in [4.69, 9.17) is 14.2 Å². The molecule has 0 aliphatic heterocycles. The largest absolute Gasteiger partial charge is 0.462 e. The zero-order valence-corrected chi connectivity index (χ0v) is 50.1.